The fourth-order valence-corrected chi connectivity index (χ4v) is 6.05. The van der Waals surface area contributed by atoms with Crippen LogP contribution in [0.4, 0.5) is 23.9 Å². The molecule has 0 saturated heterocycles. The maximum Gasteiger partial charge on any atom is 0.416 e. The first-order valence-electron chi connectivity index (χ1n) is 16.1. The van der Waals surface area contributed by atoms with Crippen LogP contribution in [-0.2, 0) is 11.0 Å². The van der Waals surface area contributed by atoms with Crippen molar-refractivity contribution in [1.82, 2.24) is 35.0 Å². The molecular weight excluding hydrogens is 651 g/mol. The lowest BCUT2D eigenvalue weighted by atomic mass is 9.95. The van der Waals surface area contributed by atoms with Crippen LogP contribution in [0, 0.1) is 18.3 Å². The zero-order valence-electron chi connectivity index (χ0n) is 27.2. The first-order valence-corrected chi connectivity index (χ1v) is 16.1. The molecule has 50 heavy (non-hydrogen) atoms. The fourth-order valence-electron chi connectivity index (χ4n) is 6.05. The summed E-state index contributed by atoms with van der Waals surface area (Å²) in [7, 11) is 0. The summed E-state index contributed by atoms with van der Waals surface area (Å²) in [5, 5.41) is 34.1. The Hall–Kier alpha value is -5.75. The summed E-state index contributed by atoms with van der Waals surface area (Å²) in [4.78, 5) is 25.6. The number of carbonyl (C=O) groups excluding carboxylic acids is 1. The number of carbonyl (C=O) groups is 2. The summed E-state index contributed by atoms with van der Waals surface area (Å²) < 4.78 is 44.4. The lowest BCUT2D eigenvalue weighted by molar-refractivity contribution is -0.137. The average molecular weight is 688 g/mol. The van der Waals surface area contributed by atoms with Crippen molar-refractivity contribution < 1.29 is 27.9 Å². The molecule has 1 aliphatic carbocycles. The average Bonchev–Trinajstić information content (AvgIpc) is 3.75. The summed E-state index contributed by atoms with van der Waals surface area (Å²) in [5.74, 6) is 0.00760. The maximum atomic E-state index is 13.8. The van der Waals surface area contributed by atoms with Crippen molar-refractivity contribution in [2.75, 3.05) is 18.4 Å². The van der Waals surface area contributed by atoms with E-state index in [1.807, 2.05) is 0 Å². The Morgan fingerprint density at radius 1 is 1.10 bits per heavy atom. The van der Waals surface area contributed by atoms with Gasteiger partial charge in [-0.25, -0.2) is 14.0 Å². The molecule has 260 valence electrons. The van der Waals surface area contributed by atoms with Crippen molar-refractivity contribution in [1.29, 1.82) is 5.26 Å². The smallest absolute Gasteiger partial charge is 0.416 e. The van der Waals surface area contributed by atoms with Crippen molar-refractivity contribution >= 4 is 24.1 Å². The highest BCUT2D eigenvalue weighted by atomic mass is 19.4. The number of anilines is 1. The molecule has 0 spiro atoms. The van der Waals surface area contributed by atoms with Crippen LogP contribution in [0.25, 0.3) is 33.7 Å². The minimum Gasteiger partial charge on any atom is -0.483 e. The quantitative estimate of drug-likeness (QED) is 0.0998. The van der Waals surface area contributed by atoms with E-state index >= 15 is 0 Å². The van der Waals surface area contributed by atoms with Crippen molar-refractivity contribution in [2.45, 2.75) is 57.7 Å². The number of rotatable bonds is 9. The van der Waals surface area contributed by atoms with Crippen molar-refractivity contribution in [3.05, 3.63) is 83.7 Å². The van der Waals surface area contributed by atoms with Gasteiger partial charge in [-0.2, -0.15) is 28.5 Å². The van der Waals surface area contributed by atoms with Gasteiger partial charge in [0, 0.05) is 29.9 Å². The second-order valence-electron chi connectivity index (χ2n) is 11.7. The number of nitriles is 1. The van der Waals surface area contributed by atoms with E-state index in [-0.39, 0.29) is 18.1 Å². The molecule has 0 bridgehead atoms. The third kappa shape index (κ3) is 8.45. The summed E-state index contributed by atoms with van der Waals surface area (Å²) in [6.45, 7) is 2.81. The first kappa shape index (κ1) is 35.6. The molecule has 2 amide bonds. The number of halogens is 3. The number of pyridine rings is 1. The summed E-state index contributed by atoms with van der Waals surface area (Å²) in [6, 6.07) is 15.9. The van der Waals surface area contributed by atoms with Gasteiger partial charge in [0.05, 0.1) is 34.8 Å². The lowest BCUT2D eigenvalue weighted by Crippen LogP contribution is -2.35. The highest BCUT2D eigenvalue weighted by molar-refractivity contribution is 5.90. The number of hydrogen-bond donors (Lipinski definition) is 4. The van der Waals surface area contributed by atoms with Gasteiger partial charge in [0.2, 0.25) is 0 Å². The van der Waals surface area contributed by atoms with Crippen LogP contribution in [0.1, 0.15) is 55.2 Å². The van der Waals surface area contributed by atoms with Gasteiger partial charge >= 0.3 is 12.2 Å². The number of alkyl halides is 3. The van der Waals surface area contributed by atoms with E-state index in [0.717, 1.165) is 25.1 Å². The molecule has 1 saturated carbocycles. The van der Waals surface area contributed by atoms with Crippen LogP contribution < -0.4 is 16.0 Å². The number of nitrogens with zero attached hydrogens (tertiary/aromatic N) is 6. The Morgan fingerprint density at radius 2 is 1.84 bits per heavy atom. The van der Waals surface area contributed by atoms with Crippen LogP contribution in [0.15, 0.2) is 67.0 Å². The summed E-state index contributed by atoms with van der Waals surface area (Å²) in [5.41, 5.74) is 3.31. The largest absolute Gasteiger partial charge is 0.483 e. The number of nitrogens with one attached hydrogen (secondary N) is 3. The third-order valence-corrected chi connectivity index (χ3v) is 8.43. The minimum atomic E-state index is -4.55. The molecule has 12 nitrogen and oxygen atoms in total. The predicted octanol–water partition coefficient (Wildman–Crippen LogP) is 6.58. The number of hydrogen-bond acceptors (Lipinski definition) is 7. The second-order valence-corrected chi connectivity index (χ2v) is 11.7. The van der Waals surface area contributed by atoms with Crippen LogP contribution >= 0.6 is 0 Å². The lowest BCUT2D eigenvalue weighted by Gasteiger charge is -2.22. The number of aromatic nitrogens is 5. The van der Waals surface area contributed by atoms with Crippen LogP contribution in [-0.4, -0.2) is 61.1 Å². The van der Waals surface area contributed by atoms with E-state index < -0.39 is 17.8 Å². The minimum absolute atomic E-state index is 0.00760. The Kier molecular flexibility index (Phi) is 11.4. The predicted molar refractivity (Wildman–Crippen MR) is 181 cm³/mol. The van der Waals surface area contributed by atoms with E-state index in [4.69, 9.17) is 9.90 Å². The Balaban J connectivity index is 0.00000156. The van der Waals surface area contributed by atoms with Gasteiger partial charge in [0.1, 0.15) is 0 Å². The molecule has 3 heterocycles. The van der Waals surface area contributed by atoms with Crippen LogP contribution in [0.2, 0.25) is 0 Å². The Bertz CT molecular complexity index is 1980. The van der Waals surface area contributed by atoms with Crippen LogP contribution in [0.3, 0.4) is 0 Å². The molecule has 0 atom stereocenters. The van der Waals surface area contributed by atoms with Crippen LogP contribution in [0.5, 0.6) is 0 Å². The zero-order valence-corrected chi connectivity index (χ0v) is 27.2. The van der Waals surface area contributed by atoms with E-state index in [2.05, 4.69) is 37.2 Å². The van der Waals surface area contributed by atoms with E-state index in [0.29, 0.717) is 51.8 Å². The molecule has 1 fully saturated rings. The van der Waals surface area contributed by atoms with E-state index in [9.17, 15) is 23.2 Å². The molecule has 15 heteroatoms. The van der Waals surface area contributed by atoms with Gasteiger partial charge in [-0.05, 0) is 86.3 Å². The Morgan fingerprint density at radius 3 is 2.54 bits per heavy atom. The molecule has 5 aromatic rings. The highest BCUT2D eigenvalue weighted by Crippen LogP contribution is 2.38. The first-order chi connectivity index (χ1) is 24.1. The number of amides is 2. The van der Waals surface area contributed by atoms with Gasteiger partial charge in [-0.3, -0.25) is 10.1 Å². The van der Waals surface area contributed by atoms with Crippen molar-refractivity contribution in [3.63, 3.8) is 0 Å². The van der Waals surface area contributed by atoms with Gasteiger partial charge < -0.3 is 15.7 Å². The third-order valence-electron chi connectivity index (χ3n) is 8.43. The standard InChI is InChI=1S/C34H34F3N9O.CH2O2/c1-22-28(29-15-18-41-46(29)27-13-11-23(20-38)12-14-27)21-45-31(30(22)24-7-5-8-25(19-24)34(35,36)37)42-32(44-45)43-33(47)40-17-6-16-39-26-9-3-2-4-10-26;2-1-3/h5,7-8,11-15,18-19,21,26,39H,2-4,6,9-10,16-17H2,1H3,(H2,40,43,44,47);1H,(H,2,3). The fraction of sp³-hybridized carbons (Fsp3) is 0.314. The second kappa shape index (κ2) is 16.1. The molecule has 4 N–H and O–H groups in total. The molecular formula is C35H36F3N9O3. The van der Waals surface area contributed by atoms with Crippen molar-refractivity contribution in [3.8, 4) is 34.1 Å². The normalized spacial score (nSPS) is 13.3. The monoisotopic (exact) mass is 687 g/mol. The number of urea groups is 1. The Labute approximate surface area is 286 Å². The number of benzene rings is 2. The summed E-state index contributed by atoms with van der Waals surface area (Å²) in [6.07, 6.45) is 5.72. The molecule has 2 aromatic carbocycles. The topological polar surface area (TPSA) is 162 Å². The van der Waals surface area contributed by atoms with Gasteiger partial charge in [0.15, 0.2) is 5.65 Å². The molecule has 0 radical (unpaired) electrons. The molecule has 0 unspecified atom stereocenters. The van der Waals surface area contributed by atoms with Gasteiger partial charge in [-0.15, -0.1) is 5.10 Å². The van der Waals surface area contributed by atoms with Gasteiger partial charge in [-0.1, -0.05) is 31.4 Å². The SMILES string of the molecule is Cc1c(-c2ccnn2-c2ccc(C#N)cc2)cn2nc(NC(=O)NCCCNC3CCCCC3)nc2c1-c1cccc(C(F)(F)F)c1.O=CO. The molecule has 0 aliphatic heterocycles. The maximum absolute atomic E-state index is 13.8. The zero-order chi connectivity index (χ0) is 35.7. The molecule has 6 rings (SSSR count). The van der Waals surface area contributed by atoms with Gasteiger partial charge in [0.25, 0.3) is 12.4 Å². The number of carboxylic acid groups (broad SMARTS) is 1. The highest BCUT2D eigenvalue weighted by Gasteiger charge is 2.31. The molecule has 1 aliphatic rings. The summed E-state index contributed by atoms with van der Waals surface area (Å²) >= 11 is 0. The van der Waals surface area contributed by atoms with Crippen molar-refractivity contribution in [2.24, 2.45) is 0 Å². The molecule has 3 aromatic heterocycles. The number of fused-ring (bicyclic) bond motifs is 1. The van der Waals surface area contributed by atoms with E-state index in [1.54, 1.807) is 60.4 Å². The van der Waals surface area contributed by atoms with E-state index in [1.165, 1.54) is 42.7 Å².